The molecular weight excluding hydrogens is 404 g/mol. The van der Waals surface area contributed by atoms with Crippen molar-refractivity contribution in [2.45, 2.75) is 27.7 Å². The minimum atomic E-state index is -0.388. The largest absolute Gasteiger partial charge is 0.488 e. The number of carbonyl (C=O) groups is 2. The zero-order valence-corrected chi connectivity index (χ0v) is 18.5. The highest BCUT2D eigenvalue weighted by Crippen LogP contribution is 2.41. The lowest BCUT2D eigenvalue weighted by atomic mass is 9.94. The lowest BCUT2D eigenvalue weighted by Gasteiger charge is -2.24. The molecule has 1 aliphatic heterocycles. The van der Waals surface area contributed by atoms with Crippen LogP contribution in [-0.2, 0) is 9.59 Å². The van der Waals surface area contributed by atoms with Gasteiger partial charge in [-0.15, -0.1) is 0 Å². The van der Waals surface area contributed by atoms with Crippen LogP contribution in [0.4, 0.5) is 5.69 Å². The number of nitrogens with one attached hydrogen (secondary N) is 1. The maximum Gasteiger partial charge on any atom is 0.308 e. The summed E-state index contributed by atoms with van der Waals surface area (Å²) < 4.78 is 11.4. The number of rotatable bonds is 4. The summed E-state index contributed by atoms with van der Waals surface area (Å²) in [7, 11) is 0. The Morgan fingerprint density at radius 1 is 1.03 bits per heavy atom. The van der Waals surface area contributed by atoms with Crippen LogP contribution in [0, 0.1) is 20.8 Å². The van der Waals surface area contributed by atoms with Crippen molar-refractivity contribution in [3.63, 3.8) is 0 Å². The topological polar surface area (TPSA) is 77.5 Å². The summed E-state index contributed by atoms with van der Waals surface area (Å²) in [6, 6.07) is 11.4. The fraction of sp³-hybridized carbons (Fsp3) is 0.192. The van der Waals surface area contributed by atoms with Crippen LogP contribution >= 0.6 is 0 Å². The molecule has 0 fully saturated rings. The van der Waals surface area contributed by atoms with Gasteiger partial charge in [0.05, 0.1) is 5.57 Å². The van der Waals surface area contributed by atoms with E-state index >= 15 is 0 Å². The second-order valence-corrected chi connectivity index (χ2v) is 7.74. The van der Waals surface area contributed by atoms with Crippen molar-refractivity contribution in [1.29, 1.82) is 0 Å². The molecule has 1 N–H and O–H groups in total. The zero-order chi connectivity index (χ0) is 22.8. The molecule has 1 amide bonds. The summed E-state index contributed by atoms with van der Waals surface area (Å²) in [6.45, 7) is 7.20. The SMILES string of the molecule is CC(=O)Oc1c(C)c(C)c2c(c1C)C=C(C(=O)Nc1ccccc1-c1cccnc1)CO2. The van der Waals surface area contributed by atoms with Gasteiger partial charge in [-0.1, -0.05) is 24.3 Å². The minimum absolute atomic E-state index is 0.153. The van der Waals surface area contributed by atoms with E-state index in [4.69, 9.17) is 9.47 Å². The van der Waals surface area contributed by atoms with Crippen molar-refractivity contribution in [2.24, 2.45) is 0 Å². The van der Waals surface area contributed by atoms with Gasteiger partial charge in [0, 0.05) is 47.3 Å². The molecule has 6 heteroatoms. The number of hydrogen-bond donors (Lipinski definition) is 1. The molecule has 0 atom stereocenters. The second-order valence-electron chi connectivity index (χ2n) is 7.74. The first-order chi connectivity index (χ1) is 15.4. The number of benzene rings is 2. The fourth-order valence-electron chi connectivity index (χ4n) is 3.84. The van der Waals surface area contributed by atoms with Crippen molar-refractivity contribution in [3.05, 3.63) is 76.6 Å². The van der Waals surface area contributed by atoms with Gasteiger partial charge in [0.1, 0.15) is 18.1 Å². The first-order valence-corrected chi connectivity index (χ1v) is 10.3. The number of carbonyl (C=O) groups excluding carboxylic acids is 2. The Morgan fingerprint density at radius 2 is 1.81 bits per heavy atom. The van der Waals surface area contributed by atoms with Gasteiger partial charge in [0.25, 0.3) is 5.91 Å². The minimum Gasteiger partial charge on any atom is -0.488 e. The predicted octanol–water partition coefficient (Wildman–Crippen LogP) is 5.01. The van der Waals surface area contributed by atoms with Gasteiger partial charge < -0.3 is 14.8 Å². The van der Waals surface area contributed by atoms with E-state index in [1.807, 2.05) is 63.2 Å². The number of fused-ring (bicyclic) bond motifs is 1. The van der Waals surface area contributed by atoms with E-state index in [1.54, 1.807) is 12.4 Å². The average Bonchev–Trinajstić information content (AvgIpc) is 2.81. The Bertz CT molecular complexity index is 1250. The molecule has 6 nitrogen and oxygen atoms in total. The van der Waals surface area contributed by atoms with Crippen molar-refractivity contribution < 1.29 is 19.1 Å². The zero-order valence-electron chi connectivity index (χ0n) is 18.5. The molecule has 1 aliphatic rings. The fourth-order valence-corrected chi connectivity index (χ4v) is 3.84. The van der Waals surface area contributed by atoms with Gasteiger partial charge in [-0.3, -0.25) is 14.6 Å². The Kier molecular flexibility index (Phi) is 5.77. The van der Waals surface area contributed by atoms with E-state index in [1.165, 1.54) is 6.92 Å². The molecule has 1 aromatic heterocycles. The standard InChI is InChI=1S/C26H24N2O4/c1-15-16(2)25-22(17(3)24(15)32-18(4)29)12-20(14-31-25)26(30)28-23-10-6-5-9-21(23)19-8-7-11-27-13-19/h5-13H,14H2,1-4H3,(H,28,30). The van der Waals surface area contributed by atoms with Crippen molar-refractivity contribution >= 4 is 23.6 Å². The number of esters is 1. The molecule has 0 saturated heterocycles. The molecule has 162 valence electrons. The van der Waals surface area contributed by atoms with Crippen molar-refractivity contribution in [2.75, 3.05) is 11.9 Å². The molecule has 0 unspecified atom stereocenters. The predicted molar refractivity (Wildman–Crippen MR) is 124 cm³/mol. The maximum absolute atomic E-state index is 13.1. The summed E-state index contributed by atoms with van der Waals surface area (Å²) in [5.74, 6) is 0.584. The average molecular weight is 428 g/mol. The van der Waals surface area contributed by atoms with Crippen LogP contribution in [0.3, 0.4) is 0 Å². The molecule has 2 aromatic carbocycles. The van der Waals surface area contributed by atoms with E-state index in [-0.39, 0.29) is 18.5 Å². The van der Waals surface area contributed by atoms with Gasteiger partial charge in [-0.25, -0.2) is 0 Å². The molecular formula is C26H24N2O4. The molecule has 0 saturated carbocycles. The Balaban J connectivity index is 1.69. The van der Waals surface area contributed by atoms with Crippen LogP contribution in [0.25, 0.3) is 17.2 Å². The van der Waals surface area contributed by atoms with Crippen LogP contribution in [0.5, 0.6) is 11.5 Å². The molecule has 32 heavy (non-hydrogen) atoms. The first kappa shape index (κ1) is 21.3. The third kappa shape index (κ3) is 3.99. The van der Waals surface area contributed by atoms with Gasteiger partial charge in [0.2, 0.25) is 0 Å². The van der Waals surface area contributed by atoms with Crippen LogP contribution in [0.1, 0.15) is 29.2 Å². The summed E-state index contributed by atoms with van der Waals surface area (Å²) in [6.07, 6.45) is 5.29. The number of nitrogens with zero attached hydrogens (tertiary/aromatic N) is 1. The second kappa shape index (κ2) is 8.67. The van der Waals surface area contributed by atoms with E-state index in [0.717, 1.165) is 33.4 Å². The summed E-state index contributed by atoms with van der Waals surface area (Å²) in [5, 5.41) is 3.00. The highest BCUT2D eigenvalue weighted by molar-refractivity contribution is 6.09. The highest BCUT2D eigenvalue weighted by atomic mass is 16.5. The third-order valence-electron chi connectivity index (χ3n) is 5.61. The van der Waals surface area contributed by atoms with Gasteiger partial charge in [-0.2, -0.15) is 0 Å². The lowest BCUT2D eigenvalue weighted by Crippen LogP contribution is -2.22. The number of aromatic nitrogens is 1. The maximum atomic E-state index is 13.1. The van der Waals surface area contributed by atoms with E-state index in [9.17, 15) is 9.59 Å². The number of ether oxygens (including phenoxy) is 2. The van der Waals surface area contributed by atoms with Gasteiger partial charge in [0.15, 0.2) is 0 Å². The number of hydrogen-bond acceptors (Lipinski definition) is 5. The summed E-state index contributed by atoms with van der Waals surface area (Å²) in [5.41, 5.74) is 6.22. The van der Waals surface area contributed by atoms with E-state index in [2.05, 4.69) is 10.3 Å². The third-order valence-corrected chi connectivity index (χ3v) is 5.61. The molecule has 2 heterocycles. The van der Waals surface area contributed by atoms with Crippen LogP contribution in [0.2, 0.25) is 0 Å². The highest BCUT2D eigenvalue weighted by Gasteiger charge is 2.25. The Hall–Kier alpha value is -3.93. The number of para-hydroxylation sites is 1. The van der Waals surface area contributed by atoms with Crippen molar-refractivity contribution in [1.82, 2.24) is 4.98 Å². The first-order valence-electron chi connectivity index (χ1n) is 10.3. The summed E-state index contributed by atoms with van der Waals surface area (Å²) >= 11 is 0. The molecule has 0 radical (unpaired) electrons. The monoisotopic (exact) mass is 428 g/mol. The van der Waals surface area contributed by atoms with E-state index in [0.29, 0.717) is 22.8 Å². The molecule has 0 bridgehead atoms. The van der Waals surface area contributed by atoms with Gasteiger partial charge in [-0.05, 0) is 50.1 Å². The van der Waals surface area contributed by atoms with Gasteiger partial charge >= 0.3 is 5.97 Å². The lowest BCUT2D eigenvalue weighted by molar-refractivity contribution is -0.132. The molecule has 3 aromatic rings. The number of amides is 1. The smallest absolute Gasteiger partial charge is 0.308 e. The van der Waals surface area contributed by atoms with Crippen LogP contribution < -0.4 is 14.8 Å². The van der Waals surface area contributed by atoms with Crippen molar-refractivity contribution in [3.8, 4) is 22.6 Å². The molecule has 0 aliphatic carbocycles. The van der Waals surface area contributed by atoms with Crippen LogP contribution in [0.15, 0.2) is 54.4 Å². The Morgan fingerprint density at radius 3 is 2.53 bits per heavy atom. The molecule has 0 spiro atoms. The van der Waals surface area contributed by atoms with Crippen LogP contribution in [-0.4, -0.2) is 23.5 Å². The van der Waals surface area contributed by atoms with E-state index < -0.39 is 0 Å². The molecule has 4 rings (SSSR count). The Labute approximate surface area is 186 Å². The number of pyridine rings is 1. The summed E-state index contributed by atoms with van der Waals surface area (Å²) in [4.78, 5) is 28.9. The number of anilines is 1. The normalized spacial score (nSPS) is 12.3. The quantitative estimate of drug-likeness (QED) is 0.467.